The molecule has 0 heterocycles. The Morgan fingerprint density at radius 2 is 2.06 bits per heavy atom. The van der Waals surface area contributed by atoms with Crippen molar-refractivity contribution in [1.29, 1.82) is 0 Å². The van der Waals surface area contributed by atoms with Crippen molar-refractivity contribution in [2.24, 2.45) is 0 Å². The van der Waals surface area contributed by atoms with Crippen molar-refractivity contribution in [2.45, 2.75) is 13.3 Å². The Morgan fingerprint density at radius 1 is 1.39 bits per heavy atom. The molecule has 0 aliphatic carbocycles. The zero-order valence-corrected chi connectivity index (χ0v) is 10.5. The van der Waals surface area contributed by atoms with Crippen molar-refractivity contribution >= 4 is 15.8 Å². The van der Waals surface area contributed by atoms with Crippen molar-refractivity contribution in [3.63, 3.8) is 0 Å². The molecular formula is C10H12NO6S-. The van der Waals surface area contributed by atoms with E-state index in [1.807, 2.05) is 0 Å². The molecular weight excluding hydrogens is 262 g/mol. The Labute approximate surface area is 104 Å². The van der Waals surface area contributed by atoms with E-state index in [1.54, 1.807) is 6.92 Å². The lowest BCUT2D eigenvalue weighted by Crippen LogP contribution is -2.08. The summed E-state index contributed by atoms with van der Waals surface area (Å²) in [6, 6.07) is 4.23. The zero-order chi connectivity index (χ0) is 13.8. The second-order valence-corrected chi connectivity index (χ2v) is 5.19. The standard InChI is InChI=1S/C10H13NO6S/c1-8-7-9(3-4-10(8)11(12)13)17-5-2-6-18(14,15)16/h3-4,7H,2,5-6H2,1H3,(H,14,15,16)/p-1. The van der Waals surface area contributed by atoms with Gasteiger partial charge in [0.2, 0.25) is 0 Å². The zero-order valence-electron chi connectivity index (χ0n) is 9.66. The Hall–Kier alpha value is -1.67. The first kappa shape index (κ1) is 14.4. The van der Waals surface area contributed by atoms with Crippen LogP contribution in [0, 0.1) is 17.0 Å². The van der Waals surface area contributed by atoms with Gasteiger partial charge in [-0.3, -0.25) is 10.1 Å². The number of rotatable bonds is 6. The van der Waals surface area contributed by atoms with Crippen LogP contribution in [0.4, 0.5) is 5.69 Å². The third-order valence-electron chi connectivity index (χ3n) is 2.17. The molecule has 100 valence electrons. The van der Waals surface area contributed by atoms with Gasteiger partial charge in [-0.2, -0.15) is 0 Å². The molecule has 0 saturated heterocycles. The first-order valence-corrected chi connectivity index (χ1v) is 6.69. The number of ether oxygens (including phenoxy) is 1. The minimum absolute atomic E-state index is 0.00974. The van der Waals surface area contributed by atoms with Gasteiger partial charge < -0.3 is 9.29 Å². The molecule has 0 atom stereocenters. The summed E-state index contributed by atoms with van der Waals surface area (Å²) in [6.07, 6.45) is 0.0852. The molecule has 1 aromatic rings. The molecule has 0 aliphatic heterocycles. The maximum atomic E-state index is 10.6. The molecule has 0 bridgehead atoms. The van der Waals surface area contributed by atoms with Gasteiger partial charge in [-0.1, -0.05) is 0 Å². The molecule has 0 N–H and O–H groups in total. The van der Waals surface area contributed by atoms with E-state index in [0.29, 0.717) is 11.3 Å². The van der Waals surface area contributed by atoms with Crippen molar-refractivity contribution in [3.8, 4) is 5.75 Å². The summed E-state index contributed by atoms with van der Waals surface area (Å²) in [7, 11) is -4.22. The fraction of sp³-hybridized carbons (Fsp3) is 0.400. The summed E-state index contributed by atoms with van der Waals surface area (Å²) in [5, 5.41) is 10.6. The van der Waals surface area contributed by atoms with Gasteiger partial charge in [-0.25, -0.2) is 8.42 Å². The van der Waals surface area contributed by atoms with Gasteiger partial charge in [0, 0.05) is 17.4 Å². The Balaban J connectivity index is 2.54. The van der Waals surface area contributed by atoms with Crippen molar-refractivity contribution in [1.82, 2.24) is 0 Å². The molecule has 0 radical (unpaired) electrons. The SMILES string of the molecule is Cc1cc(OCCCS(=O)(=O)[O-])ccc1[N+](=O)[O-]. The summed E-state index contributed by atoms with van der Waals surface area (Å²) >= 11 is 0. The topological polar surface area (TPSA) is 110 Å². The fourth-order valence-corrected chi connectivity index (χ4v) is 1.82. The second-order valence-electron chi connectivity index (χ2n) is 3.67. The lowest BCUT2D eigenvalue weighted by molar-refractivity contribution is -0.385. The van der Waals surface area contributed by atoms with Crippen LogP contribution in [0.5, 0.6) is 5.75 Å². The minimum atomic E-state index is -4.22. The number of benzene rings is 1. The highest BCUT2D eigenvalue weighted by Crippen LogP contribution is 2.23. The molecule has 0 amide bonds. The van der Waals surface area contributed by atoms with Crippen LogP contribution in [0.2, 0.25) is 0 Å². The summed E-state index contributed by atoms with van der Waals surface area (Å²) in [6.45, 7) is 1.64. The second kappa shape index (κ2) is 5.78. The first-order chi connectivity index (χ1) is 8.29. The lowest BCUT2D eigenvalue weighted by atomic mass is 10.2. The third kappa shape index (κ3) is 4.68. The molecule has 0 aromatic heterocycles. The monoisotopic (exact) mass is 274 g/mol. The molecule has 1 aromatic carbocycles. The van der Waals surface area contributed by atoms with Crippen LogP contribution >= 0.6 is 0 Å². The number of hydrogen-bond acceptors (Lipinski definition) is 6. The highest BCUT2D eigenvalue weighted by atomic mass is 32.2. The molecule has 8 heteroatoms. The average molecular weight is 274 g/mol. The lowest BCUT2D eigenvalue weighted by Gasteiger charge is -2.08. The molecule has 7 nitrogen and oxygen atoms in total. The summed E-state index contributed by atoms with van der Waals surface area (Å²) in [4.78, 5) is 10.1. The van der Waals surface area contributed by atoms with E-state index < -0.39 is 20.8 Å². The maximum Gasteiger partial charge on any atom is 0.272 e. The van der Waals surface area contributed by atoms with E-state index in [2.05, 4.69) is 0 Å². The van der Waals surface area contributed by atoms with Crippen molar-refractivity contribution in [2.75, 3.05) is 12.4 Å². The van der Waals surface area contributed by atoms with Crippen LogP contribution in [-0.2, 0) is 10.1 Å². The summed E-state index contributed by atoms with van der Waals surface area (Å²) in [5.74, 6) is -0.0831. The largest absolute Gasteiger partial charge is 0.748 e. The van der Waals surface area contributed by atoms with E-state index >= 15 is 0 Å². The van der Waals surface area contributed by atoms with E-state index in [1.165, 1.54) is 18.2 Å². The van der Waals surface area contributed by atoms with Crippen LogP contribution in [0.1, 0.15) is 12.0 Å². The minimum Gasteiger partial charge on any atom is -0.748 e. The number of hydrogen-bond donors (Lipinski definition) is 0. The number of nitro groups is 1. The molecule has 18 heavy (non-hydrogen) atoms. The van der Waals surface area contributed by atoms with Gasteiger partial charge in [0.05, 0.1) is 21.6 Å². The van der Waals surface area contributed by atoms with Crippen LogP contribution in [-0.4, -0.2) is 30.3 Å². The van der Waals surface area contributed by atoms with E-state index in [4.69, 9.17) is 4.74 Å². The maximum absolute atomic E-state index is 10.6. The van der Waals surface area contributed by atoms with Crippen LogP contribution in [0.3, 0.4) is 0 Å². The smallest absolute Gasteiger partial charge is 0.272 e. The van der Waals surface area contributed by atoms with Crippen molar-refractivity contribution in [3.05, 3.63) is 33.9 Å². The number of aryl methyl sites for hydroxylation is 1. The quantitative estimate of drug-likeness (QED) is 0.334. The first-order valence-electron chi connectivity index (χ1n) is 5.11. The van der Waals surface area contributed by atoms with Gasteiger partial charge in [0.1, 0.15) is 5.75 Å². The number of nitrogens with zero attached hydrogens (tertiary/aromatic N) is 1. The third-order valence-corrected chi connectivity index (χ3v) is 2.96. The van der Waals surface area contributed by atoms with E-state index in [9.17, 15) is 23.1 Å². The molecule has 0 aliphatic rings. The van der Waals surface area contributed by atoms with E-state index in [0.717, 1.165) is 0 Å². The van der Waals surface area contributed by atoms with Gasteiger partial charge in [-0.15, -0.1) is 0 Å². The average Bonchev–Trinajstić information content (AvgIpc) is 2.22. The molecule has 0 fully saturated rings. The Bertz CT molecular complexity index is 539. The summed E-state index contributed by atoms with van der Waals surface area (Å²) in [5.41, 5.74) is 0.443. The van der Waals surface area contributed by atoms with Gasteiger partial charge in [0.15, 0.2) is 0 Å². The highest BCUT2D eigenvalue weighted by molar-refractivity contribution is 7.85. The van der Waals surface area contributed by atoms with E-state index in [-0.39, 0.29) is 18.7 Å². The Kier molecular flexibility index (Phi) is 4.62. The molecule has 0 saturated carbocycles. The number of nitro benzene ring substituents is 1. The molecule has 0 spiro atoms. The summed E-state index contributed by atoms with van der Waals surface area (Å²) < 4.78 is 36.2. The van der Waals surface area contributed by atoms with Crippen LogP contribution < -0.4 is 4.74 Å². The van der Waals surface area contributed by atoms with Gasteiger partial charge >= 0.3 is 0 Å². The Morgan fingerprint density at radius 3 is 2.56 bits per heavy atom. The molecule has 1 rings (SSSR count). The van der Waals surface area contributed by atoms with Crippen LogP contribution in [0.15, 0.2) is 18.2 Å². The van der Waals surface area contributed by atoms with Crippen LogP contribution in [0.25, 0.3) is 0 Å². The van der Waals surface area contributed by atoms with Gasteiger partial charge in [-0.05, 0) is 25.5 Å². The normalized spacial score (nSPS) is 11.2. The molecule has 0 unspecified atom stereocenters. The predicted molar refractivity (Wildman–Crippen MR) is 62.5 cm³/mol. The fourth-order valence-electron chi connectivity index (χ4n) is 1.35. The van der Waals surface area contributed by atoms with Gasteiger partial charge in [0.25, 0.3) is 5.69 Å². The highest BCUT2D eigenvalue weighted by Gasteiger charge is 2.10. The predicted octanol–water partition coefficient (Wildman–Crippen LogP) is 1.22. The van der Waals surface area contributed by atoms with Crippen molar-refractivity contribution < 1.29 is 22.6 Å².